The highest BCUT2D eigenvalue weighted by Crippen LogP contribution is 2.04. The fourth-order valence-corrected chi connectivity index (χ4v) is 1.18. The van der Waals surface area contributed by atoms with Crippen LogP contribution in [0.2, 0.25) is 0 Å². The standard InChI is InChI=1S/C9H18N2O4/c1-11(2,3)6-7(4-8(12)13)15-9(14)5-10/h7H,4-6,10H2,1-3H3/p+1/t7-/m1/s1. The lowest BCUT2D eigenvalue weighted by Crippen LogP contribution is -2.44. The van der Waals surface area contributed by atoms with Crippen LogP contribution in [-0.2, 0) is 14.3 Å². The number of aliphatic carboxylic acids is 1. The molecule has 0 unspecified atom stereocenters. The second-order valence-corrected chi connectivity index (χ2v) is 4.39. The Morgan fingerprint density at radius 3 is 2.27 bits per heavy atom. The molecule has 0 aromatic carbocycles. The second-order valence-electron chi connectivity index (χ2n) is 4.39. The summed E-state index contributed by atoms with van der Waals surface area (Å²) in [6.45, 7) is 0.214. The molecule has 88 valence electrons. The van der Waals surface area contributed by atoms with Crippen molar-refractivity contribution in [2.24, 2.45) is 5.73 Å². The van der Waals surface area contributed by atoms with Gasteiger partial charge in [0.2, 0.25) is 0 Å². The van der Waals surface area contributed by atoms with Crippen molar-refractivity contribution in [1.29, 1.82) is 0 Å². The largest absolute Gasteiger partial charge is 0.481 e. The van der Waals surface area contributed by atoms with E-state index in [1.807, 2.05) is 21.1 Å². The van der Waals surface area contributed by atoms with E-state index in [1.54, 1.807) is 0 Å². The summed E-state index contributed by atoms with van der Waals surface area (Å²) >= 11 is 0. The Kier molecular flexibility index (Phi) is 5.24. The van der Waals surface area contributed by atoms with Crippen molar-refractivity contribution < 1.29 is 23.9 Å². The first kappa shape index (κ1) is 13.9. The molecule has 15 heavy (non-hydrogen) atoms. The summed E-state index contributed by atoms with van der Waals surface area (Å²) in [6.07, 6.45) is -0.820. The van der Waals surface area contributed by atoms with Crippen LogP contribution in [0.15, 0.2) is 0 Å². The highest BCUT2D eigenvalue weighted by atomic mass is 16.5. The Morgan fingerprint density at radius 2 is 1.93 bits per heavy atom. The van der Waals surface area contributed by atoms with E-state index >= 15 is 0 Å². The minimum atomic E-state index is -0.988. The lowest BCUT2D eigenvalue weighted by Gasteiger charge is -2.28. The van der Waals surface area contributed by atoms with Crippen LogP contribution in [0.4, 0.5) is 0 Å². The molecule has 0 saturated heterocycles. The van der Waals surface area contributed by atoms with E-state index in [4.69, 9.17) is 15.6 Å². The molecular weight excluding hydrogens is 200 g/mol. The minimum absolute atomic E-state index is 0.193. The quantitative estimate of drug-likeness (QED) is 0.443. The number of nitrogens with zero attached hydrogens (tertiary/aromatic N) is 1. The van der Waals surface area contributed by atoms with E-state index < -0.39 is 18.0 Å². The Morgan fingerprint density at radius 1 is 1.40 bits per heavy atom. The summed E-state index contributed by atoms with van der Waals surface area (Å²) in [5.74, 6) is -1.56. The highest BCUT2D eigenvalue weighted by molar-refractivity contribution is 5.72. The Balaban J connectivity index is 4.31. The van der Waals surface area contributed by atoms with Gasteiger partial charge in [-0.3, -0.25) is 9.59 Å². The molecule has 0 bridgehead atoms. The van der Waals surface area contributed by atoms with Gasteiger partial charge >= 0.3 is 11.9 Å². The molecule has 0 heterocycles. The molecule has 0 fully saturated rings. The topological polar surface area (TPSA) is 89.6 Å². The lowest BCUT2D eigenvalue weighted by molar-refractivity contribution is -0.873. The van der Waals surface area contributed by atoms with Gasteiger partial charge in [-0.2, -0.15) is 0 Å². The van der Waals surface area contributed by atoms with Gasteiger partial charge < -0.3 is 20.1 Å². The molecule has 6 nitrogen and oxygen atoms in total. The molecule has 0 rings (SSSR count). The van der Waals surface area contributed by atoms with Crippen LogP contribution in [-0.4, -0.2) is 61.9 Å². The zero-order valence-electron chi connectivity index (χ0n) is 9.40. The van der Waals surface area contributed by atoms with E-state index in [-0.39, 0.29) is 13.0 Å². The van der Waals surface area contributed by atoms with Crippen LogP contribution in [0.1, 0.15) is 6.42 Å². The predicted octanol–water partition coefficient (Wildman–Crippen LogP) is -0.962. The second kappa shape index (κ2) is 5.67. The monoisotopic (exact) mass is 219 g/mol. The van der Waals surface area contributed by atoms with Crippen molar-refractivity contribution >= 4 is 11.9 Å². The Hall–Kier alpha value is -1.14. The third-order valence-electron chi connectivity index (χ3n) is 1.62. The molecule has 0 aromatic heterocycles. The summed E-state index contributed by atoms with van der Waals surface area (Å²) in [7, 11) is 5.68. The number of carboxylic acids is 1. The van der Waals surface area contributed by atoms with Crippen molar-refractivity contribution in [2.75, 3.05) is 34.2 Å². The zero-order chi connectivity index (χ0) is 12.1. The van der Waals surface area contributed by atoms with Crippen LogP contribution in [0, 0.1) is 0 Å². The van der Waals surface area contributed by atoms with Crippen molar-refractivity contribution in [2.45, 2.75) is 12.5 Å². The summed E-state index contributed by atoms with van der Waals surface area (Å²) in [5.41, 5.74) is 5.09. The maximum Gasteiger partial charge on any atom is 0.320 e. The molecule has 0 saturated carbocycles. The van der Waals surface area contributed by atoms with Gasteiger partial charge in [-0.1, -0.05) is 0 Å². The van der Waals surface area contributed by atoms with E-state index in [2.05, 4.69) is 0 Å². The molecular formula is C9H19N2O4+. The molecule has 3 N–H and O–H groups in total. The number of carboxylic acid groups (broad SMARTS) is 1. The SMILES string of the molecule is C[N+](C)(C)C[C@@H](CC(=O)O)OC(=O)CN. The van der Waals surface area contributed by atoms with Crippen LogP contribution in [0.3, 0.4) is 0 Å². The third-order valence-corrected chi connectivity index (χ3v) is 1.62. The first-order chi connectivity index (χ1) is 6.74. The maximum atomic E-state index is 10.9. The van der Waals surface area contributed by atoms with Crippen molar-refractivity contribution in [3.8, 4) is 0 Å². The molecule has 0 aliphatic heterocycles. The van der Waals surface area contributed by atoms with Gasteiger partial charge in [0.25, 0.3) is 0 Å². The van der Waals surface area contributed by atoms with Crippen LogP contribution in [0.25, 0.3) is 0 Å². The van der Waals surface area contributed by atoms with Crippen molar-refractivity contribution in [3.05, 3.63) is 0 Å². The Labute approximate surface area is 89.2 Å². The first-order valence-corrected chi connectivity index (χ1v) is 4.66. The zero-order valence-corrected chi connectivity index (χ0v) is 9.40. The van der Waals surface area contributed by atoms with E-state index in [9.17, 15) is 9.59 Å². The highest BCUT2D eigenvalue weighted by Gasteiger charge is 2.24. The van der Waals surface area contributed by atoms with Gasteiger partial charge in [-0.15, -0.1) is 0 Å². The molecule has 0 amide bonds. The number of hydrogen-bond donors (Lipinski definition) is 2. The van der Waals surface area contributed by atoms with E-state index in [0.717, 1.165) is 0 Å². The average Bonchev–Trinajstić information content (AvgIpc) is 1.99. The van der Waals surface area contributed by atoms with E-state index in [0.29, 0.717) is 11.0 Å². The van der Waals surface area contributed by atoms with Gasteiger partial charge in [-0.25, -0.2) is 0 Å². The van der Waals surface area contributed by atoms with Gasteiger partial charge in [0.15, 0.2) is 6.10 Å². The molecule has 0 aromatic rings. The lowest BCUT2D eigenvalue weighted by atomic mass is 10.2. The number of hydrogen-bond acceptors (Lipinski definition) is 4. The van der Waals surface area contributed by atoms with Crippen LogP contribution in [0.5, 0.6) is 0 Å². The summed E-state index contributed by atoms with van der Waals surface area (Å²) in [6, 6.07) is 0. The summed E-state index contributed by atoms with van der Waals surface area (Å²) in [4.78, 5) is 21.5. The maximum absolute atomic E-state index is 10.9. The first-order valence-electron chi connectivity index (χ1n) is 4.66. The van der Waals surface area contributed by atoms with Crippen molar-refractivity contribution in [3.63, 3.8) is 0 Å². The number of esters is 1. The fourth-order valence-electron chi connectivity index (χ4n) is 1.18. The molecule has 6 heteroatoms. The van der Waals surface area contributed by atoms with Gasteiger partial charge in [0.1, 0.15) is 6.54 Å². The number of quaternary nitrogens is 1. The molecule has 1 atom stereocenters. The summed E-state index contributed by atoms with van der Waals surface area (Å²) < 4.78 is 5.45. The fraction of sp³-hybridized carbons (Fsp3) is 0.778. The van der Waals surface area contributed by atoms with Crippen molar-refractivity contribution in [1.82, 2.24) is 0 Å². The number of rotatable bonds is 6. The normalized spacial score (nSPS) is 13.3. The van der Waals surface area contributed by atoms with Gasteiger partial charge in [0, 0.05) is 0 Å². The number of nitrogens with two attached hydrogens (primary N) is 1. The third kappa shape index (κ3) is 7.90. The number of likely N-dealkylation sites (N-methyl/N-ethyl adjacent to an activating group) is 1. The number of carbonyl (C=O) groups is 2. The van der Waals surface area contributed by atoms with E-state index in [1.165, 1.54) is 0 Å². The minimum Gasteiger partial charge on any atom is -0.481 e. The summed E-state index contributed by atoms with van der Waals surface area (Å²) in [5, 5.41) is 8.64. The molecule has 0 aliphatic carbocycles. The van der Waals surface area contributed by atoms with Crippen LogP contribution >= 0.6 is 0 Å². The molecule has 0 aliphatic rings. The number of ether oxygens (including phenoxy) is 1. The van der Waals surface area contributed by atoms with Crippen LogP contribution < -0.4 is 5.73 Å². The van der Waals surface area contributed by atoms with Gasteiger partial charge in [0.05, 0.1) is 34.1 Å². The molecule has 0 spiro atoms. The van der Waals surface area contributed by atoms with Gasteiger partial charge in [-0.05, 0) is 0 Å². The molecule has 0 radical (unpaired) electrons. The average molecular weight is 219 g/mol. The number of carbonyl (C=O) groups excluding carboxylic acids is 1. The Bertz CT molecular complexity index is 235. The predicted molar refractivity (Wildman–Crippen MR) is 54.1 cm³/mol. The smallest absolute Gasteiger partial charge is 0.320 e.